The number of rotatable bonds is 4. The molecule has 18 heavy (non-hydrogen) atoms. The Morgan fingerprint density at radius 2 is 1.89 bits per heavy atom. The molecule has 0 bridgehead atoms. The maximum atomic E-state index is 5.78. The van der Waals surface area contributed by atoms with E-state index in [2.05, 4.69) is 49.4 Å². The van der Waals surface area contributed by atoms with Gasteiger partial charge in [0.05, 0.1) is 17.4 Å². The van der Waals surface area contributed by atoms with E-state index in [1.54, 1.807) is 0 Å². The summed E-state index contributed by atoms with van der Waals surface area (Å²) in [6.45, 7) is 10.4. The zero-order chi connectivity index (χ0) is 13.3. The van der Waals surface area contributed by atoms with Crippen molar-refractivity contribution in [3.05, 3.63) is 29.6 Å². The van der Waals surface area contributed by atoms with Gasteiger partial charge in [-0.05, 0) is 55.5 Å². The topological polar surface area (TPSA) is 43.8 Å². The molecule has 0 fully saturated rings. The van der Waals surface area contributed by atoms with E-state index >= 15 is 0 Å². The lowest BCUT2D eigenvalue weighted by Gasteiger charge is -2.22. The normalized spacial score (nSPS) is 12.3. The average molecular weight is 245 g/mol. The van der Waals surface area contributed by atoms with E-state index in [1.807, 2.05) is 6.33 Å². The predicted molar refractivity (Wildman–Crippen MR) is 76.7 cm³/mol. The zero-order valence-electron chi connectivity index (χ0n) is 11.8. The summed E-state index contributed by atoms with van der Waals surface area (Å²) in [5, 5.41) is 0. The summed E-state index contributed by atoms with van der Waals surface area (Å²) < 4.78 is 2.24. The second kappa shape index (κ2) is 4.73. The van der Waals surface area contributed by atoms with E-state index in [-0.39, 0.29) is 5.41 Å². The molecule has 0 radical (unpaired) electrons. The minimum Gasteiger partial charge on any atom is -0.331 e. The number of imidazole rings is 1. The molecule has 0 aliphatic carbocycles. The standard InChI is InChI=1S/C15H23N3/c1-11-7-13-14(8-12(11)2)18(10-17-13)6-5-15(3,4)9-16/h7-8,10H,5-6,9,16H2,1-4H3. The Balaban J connectivity index is 2.27. The smallest absolute Gasteiger partial charge is 0.0958 e. The Kier molecular flexibility index (Phi) is 3.44. The number of fused-ring (bicyclic) bond motifs is 1. The number of aromatic nitrogens is 2. The lowest BCUT2D eigenvalue weighted by molar-refractivity contribution is 0.326. The van der Waals surface area contributed by atoms with E-state index in [0.29, 0.717) is 0 Å². The maximum absolute atomic E-state index is 5.78. The van der Waals surface area contributed by atoms with Crippen LogP contribution in [0.15, 0.2) is 18.5 Å². The largest absolute Gasteiger partial charge is 0.331 e. The molecule has 1 heterocycles. The first kappa shape index (κ1) is 13.1. The fourth-order valence-corrected chi connectivity index (χ4v) is 2.02. The third-order valence-corrected chi connectivity index (χ3v) is 3.82. The molecule has 2 N–H and O–H groups in total. The summed E-state index contributed by atoms with van der Waals surface area (Å²) in [5.41, 5.74) is 10.9. The Labute approximate surface area is 109 Å². The summed E-state index contributed by atoms with van der Waals surface area (Å²) in [4.78, 5) is 4.48. The van der Waals surface area contributed by atoms with Crippen molar-refractivity contribution in [1.29, 1.82) is 0 Å². The SMILES string of the molecule is Cc1cc2ncn(CCC(C)(C)CN)c2cc1C. The summed E-state index contributed by atoms with van der Waals surface area (Å²) in [5.74, 6) is 0. The third kappa shape index (κ3) is 2.56. The molecule has 1 aromatic heterocycles. The first-order valence-electron chi connectivity index (χ1n) is 6.55. The highest BCUT2D eigenvalue weighted by molar-refractivity contribution is 5.77. The lowest BCUT2D eigenvalue weighted by atomic mass is 9.90. The van der Waals surface area contributed by atoms with Gasteiger partial charge in [-0.25, -0.2) is 4.98 Å². The molecule has 2 rings (SSSR count). The first-order chi connectivity index (χ1) is 8.43. The number of benzene rings is 1. The molecule has 0 spiro atoms. The molecule has 98 valence electrons. The van der Waals surface area contributed by atoms with Crippen molar-refractivity contribution in [3.8, 4) is 0 Å². The van der Waals surface area contributed by atoms with Crippen LogP contribution < -0.4 is 5.73 Å². The van der Waals surface area contributed by atoms with Crippen LogP contribution in [0.3, 0.4) is 0 Å². The van der Waals surface area contributed by atoms with Gasteiger partial charge >= 0.3 is 0 Å². The van der Waals surface area contributed by atoms with Gasteiger partial charge in [0.2, 0.25) is 0 Å². The van der Waals surface area contributed by atoms with Crippen LogP contribution in [0.4, 0.5) is 0 Å². The van der Waals surface area contributed by atoms with Crippen LogP contribution in [-0.2, 0) is 6.54 Å². The highest BCUT2D eigenvalue weighted by atomic mass is 15.0. The highest BCUT2D eigenvalue weighted by Gasteiger charge is 2.16. The first-order valence-corrected chi connectivity index (χ1v) is 6.55. The third-order valence-electron chi connectivity index (χ3n) is 3.82. The molecule has 0 unspecified atom stereocenters. The Morgan fingerprint density at radius 3 is 2.56 bits per heavy atom. The van der Waals surface area contributed by atoms with Crippen molar-refractivity contribution in [3.63, 3.8) is 0 Å². The van der Waals surface area contributed by atoms with Gasteiger partial charge in [-0.2, -0.15) is 0 Å². The Hall–Kier alpha value is -1.35. The monoisotopic (exact) mass is 245 g/mol. The number of aryl methyl sites for hydroxylation is 3. The van der Waals surface area contributed by atoms with Crippen molar-refractivity contribution >= 4 is 11.0 Å². The average Bonchev–Trinajstić information content (AvgIpc) is 2.70. The summed E-state index contributed by atoms with van der Waals surface area (Å²) >= 11 is 0. The van der Waals surface area contributed by atoms with Gasteiger partial charge in [0, 0.05) is 6.54 Å². The summed E-state index contributed by atoms with van der Waals surface area (Å²) in [6, 6.07) is 4.39. The van der Waals surface area contributed by atoms with Crippen LogP contribution in [0.5, 0.6) is 0 Å². The molecule has 0 aliphatic heterocycles. The van der Waals surface area contributed by atoms with Crippen molar-refractivity contribution in [2.45, 2.75) is 40.7 Å². The van der Waals surface area contributed by atoms with Crippen LogP contribution in [0.2, 0.25) is 0 Å². The van der Waals surface area contributed by atoms with Gasteiger partial charge < -0.3 is 10.3 Å². The second-order valence-electron chi connectivity index (χ2n) is 5.98. The van der Waals surface area contributed by atoms with E-state index in [4.69, 9.17) is 5.73 Å². The van der Waals surface area contributed by atoms with Crippen molar-refractivity contribution in [2.24, 2.45) is 11.1 Å². The lowest BCUT2D eigenvalue weighted by Crippen LogP contribution is -2.24. The van der Waals surface area contributed by atoms with Crippen LogP contribution in [-0.4, -0.2) is 16.1 Å². The number of nitrogens with two attached hydrogens (primary N) is 1. The van der Waals surface area contributed by atoms with E-state index in [0.717, 1.165) is 25.0 Å². The minimum atomic E-state index is 0.191. The van der Waals surface area contributed by atoms with Gasteiger partial charge in [-0.15, -0.1) is 0 Å². The van der Waals surface area contributed by atoms with Gasteiger partial charge in [0.15, 0.2) is 0 Å². The van der Waals surface area contributed by atoms with Gasteiger partial charge in [0.1, 0.15) is 0 Å². The zero-order valence-corrected chi connectivity index (χ0v) is 11.8. The minimum absolute atomic E-state index is 0.191. The molecule has 0 saturated carbocycles. The molecule has 0 aliphatic rings. The van der Waals surface area contributed by atoms with Gasteiger partial charge in [-0.3, -0.25) is 0 Å². The molecule has 0 amide bonds. The molecule has 0 saturated heterocycles. The molecular formula is C15H23N3. The number of nitrogens with zero attached hydrogens (tertiary/aromatic N) is 2. The van der Waals surface area contributed by atoms with Crippen molar-refractivity contribution in [2.75, 3.05) is 6.54 Å². The van der Waals surface area contributed by atoms with Gasteiger partial charge in [-0.1, -0.05) is 13.8 Å². The maximum Gasteiger partial charge on any atom is 0.0958 e. The fraction of sp³-hybridized carbons (Fsp3) is 0.533. The van der Waals surface area contributed by atoms with Crippen LogP contribution in [0.25, 0.3) is 11.0 Å². The quantitative estimate of drug-likeness (QED) is 0.899. The van der Waals surface area contributed by atoms with Gasteiger partial charge in [0.25, 0.3) is 0 Å². The van der Waals surface area contributed by atoms with E-state index in [1.165, 1.54) is 16.6 Å². The number of hydrogen-bond donors (Lipinski definition) is 1. The summed E-state index contributed by atoms with van der Waals surface area (Å²) in [7, 11) is 0. The summed E-state index contributed by atoms with van der Waals surface area (Å²) in [6.07, 6.45) is 3.01. The van der Waals surface area contributed by atoms with E-state index < -0.39 is 0 Å². The molecule has 2 aromatic rings. The molecule has 1 aromatic carbocycles. The highest BCUT2D eigenvalue weighted by Crippen LogP contribution is 2.22. The van der Waals surface area contributed by atoms with Crippen LogP contribution >= 0.6 is 0 Å². The Bertz CT molecular complexity index is 552. The van der Waals surface area contributed by atoms with Crippen molar-refractivity contribution in [1.82, 2.24) is 9.55 Å². The predicted octanol–water partition coefficient (Wildman–Crippen LogP) is 3.03. The van der Waals surface area contributed by atoms with Crippen LogP contribution in [0, 0.1) is 19.3 Å². The number of hydrogen-bond acceptors (Lipinski definition) is 2. The van der Waals surface area contributed by atoms with E-state index in [9.17, 15) is 0 Å². The van der Waals surface area contributed by atoms with Crippen molar-refractivity contribution < 1.29 is 0 Å². The van der Waals surface area contributed by atoms with Crippen LogP contribution in [0.1, 0.15) is 31.4 Å². The molecule has 3 heteroatoms. The Morgan fingerprint density at radius 1 is 1.22 bits per heavy atom. The molecule has 0 atom stereocenters. The fourth-order valence-electron chi connectivity index (χ4n) is 2.02. The second-order valence-corrected chi connectivity index (χ2v) is 5.98. The molecule has 3 nitrogen and oxygen atoms in total. The molecular weight excluding hydrogens is 222 g/mol.